The Morgan fingerprint density at radius 3 is 2.00 bits per heavy atom. The Kier molecular flexibility index (Phi) is 3.46. The van der Waals surface area contributed by atoms with Crippen LogP contribution >= 0.6 is 0 Å². The third kappa shape index (κ3) is 2.93. The first-order valence-electron chi connectivity index (χ1n) is 8.49. The lowest BCUT2D eigenvalue weighted by Crippen LogP contribution is -1.97. The Labute approximate surface area is 154 Å². The van der Waals surface area contributed by atoms with E-state index in [1.807, 2.05) is 31.2 Å². The molecule has 0 aliphatic rings. The standard InChI is InChI=1S/C19H16N8/c1-11-8-12(22-18-24-14-4-6-20-9-16(14)26-18)2-3-13(11)23-19-25-15-5-7-21-10-17(15)27-19/h2-10H,1H3,(H2,22,24,26)(H2,23,25,27). The van der Waals surface area contributed by atoms with Crippen molar-refractivity contribution in [1.82, 2.24) is 29.9 Å². The number of benzene rings is 1. The normalized spacial score (nSPS) is 11.1. The number of hydrogen-bond donors (Lipinski definition) is 4. The SMILES string of the molecule is Cc1cc(Nc2nc3ccncc3[nH]2)ccc1Nc1nc2ccncc2[nH]1. The third-order valence-electron chi connectivity index (χ3n) is 4.31. The molecule has 4 N–H and O–H groups in total. The van der Waals surface area contributed by atoms with Crippen LogP contribution in [0.5, 0.6) is 0 Å². The summed E-state index contributed by atoms with van der Waals surface area (Å²) in [5.41, 5.74) is 6.55. The van der Waals surface area contributed by atoms with Crippen molar-refractivity contribution < 1.29 is 0 Å². The Bertz CT molecular complexity index is 1190. The molecule has 1 aromatic carbocycles. The minimum absolute atomic E-state index is 0.683. The van der Waals surface area contributed by atoms with Gasteiger partial charge in [-0.1, -0.05) is 0 Å². The zero-order valence-corrected chi connectivity index (χ0v) is 14.5. The second-order valence-corrected chi connectivity index (χ2v) is 6.24. The smallest absolute Gasteiger partial charge is 0.205 e. The minimum Gasteiger partial charge on any atom is -0.326 e. The highest BCUT2D eigenvalue weighted by Crippen LogP contribution is 2.25. The predicted octanol–water partition coefficient (Wildman–Crippen LogP) is 4.02. The van der Waals surface area contributed by atoms with E-state index in [4.69, 9.17) is 0 Å². The fourth-order valence-electron chi connectivity index (χ4n) is 2.98. The summed E-state index contributed by atoms with van der Waals surface area (Å²) in [6.45, 7) is 2.04. The molecular formula is C19H16N8. The van der Waals surface area contributed by atoms with Crippen molar-refractivity contribution >= 4 is 45.3 Å². The van der Waals surface area contributed by atoms with Gasteiger partial charge in [0.2, 0.25) is 11.9 Å². The van der Waals surface area contributed by atoms with E-state index in [-0.39, 0.29) is 0 Å². The number of anilines is 4. The van der Waals surface area contributed by atoms with Gasteiger partial charge in [0.15, 0.2) is 0 Å². The minimum atomic E-state index is 0.683. The molecule has 0 atom stereocenters. The summed E-state index contributed by atoms with van der Waals surface area (Å²) in [4.78, 5) is 23.7. The summed E-state index contributed by atoms with van der Waals surface area (Å²) in [6.07, 6.45) is 6.98. The highest BCUT2D eigenvalue weighted by atomic mass is 15.1. The van der Waals surface area contributed by atoms with Crippen LogP contribution in [0.3, 0.4) is 0 Å². The van der Waals surface area contributed by atoms with Gasteiger partial charge in [0.05, 0.1) is 34.5 Å². The Morgan fingerprint density at radius 1 is 0.778 bits per heavy atom. The molecule has 0 fully saturated rings. The van der Waals surface area contributed by atoms with Gasteiger partial charge in [-0.25, -0.2) is 9.97 Å². The van der Waals surface area contributed by atoms with E-state index < -0.39 is 0 Å². The number of hydrogen-bond acceptors (Lipinski definition) is 6. The lowest BCUT2D eigenvalue weighted by molar-refractivity contribution is 1.28. The van der Waals surface area contributed by atoms with Gasteiger partial charge in [0.25, 0.3) is 0 Å². The van der Waals surface area contributed by atoms with Crippen molar-refractivity contribution in [2.75, 3.05) is 10.6 Å². The zero-order valence-electron chi connectivity index (χ0n) is 14.5. The largest absolute Gasteiger partial charge is 0.326 e. The first-order valence-corrected chi connectivity index (χ1v) is 8.49. The number of imidazole rings is 2. The molecule has 0 bridgehead atoms. The predicted molar refractivity (Wildman–Crippen MR) is 106 cm³/mol. The number of aromatic nitrogens is 6. The second kappa shape index (κ2) is 6.10. The average molecular weight is 356 g/mol. The summed E-state index contributed by atoms with van der Waals surface area (Å²) >= 11 is 0. The van der Waals surface area contributed by atoms with Crippen molar-refractivity contribution in [3.8, 4) is 0 Å². The van der Waals surface area contributed by atoms with Gasteiger partial charge in [0.1, 0.15) is 0 Å². The molecule has 4 heterocycles. The number of aryl methyl sites for hydroxylation is 1. The number of H-pyrrole nitrogens is 2. The van der Waals surface area contributed by atoms with Crippen LogP contribution in [0.25, 0.3) is 22.1 Å². The summed E-state index contributed by atoms with van der Waals surface area (Å²) < 4.78 is 0. The molecule has 0 saturated carbocycles. The van der Waals surface area contributed by atoms with Gasteiger partial charge in [-0.2, -0.15) is 0 Å². The maximum Gasteiger partial charge on any atom is 0.205 e. The third-order valence-corrected chi connectivity index (χ3v) is 4.31. The highest BCUT2D eigenvalue weighted by molar-refractivity contribution is 5.79. The molecule has 5 aromatic rings. The van der Waals surface area contributed by atoms with E-state index in [2.05, 4.69) is 46.6 Å². The fraction of sp³-hybridized carbons (Fsp3) is 0.0526. The van der Waals surface area contributed by atoms with Gasteiger partial charge < -0.3 is 20.6 Å². The molecule has 0 unspecified atom stereocenters. The molecule has 0 spiro atoms. The fourth-order valence-corrected chi connectivity index (χ4v) is 2.98. The molecule has 0 aliphatic carbocycles. The van der Waals surface area contributed by atoms with Crippen molar-refractivity contribution in [2.24, 2.45) is 0 Å². The molecular weight excluding hydrogens is 340 g/mol. The Balaban J connectivity index is 1.38. The van der Waals surface area contributed by atoms with Gasteiger partial charge >= 0.3 is 0 Å². The van der Waals surface area contributed by atoms with E-state index in [1.165, 1.54) is 0 Å². The van der Waals surface area contributed by atoms with Crippen molar-refractivity contribution in [2.45, 2.75) is 6.92 Å². The summed E-state index contributed by atoms with van der Waals surface area (Å²) in [5.74, 6) is 1.37. The van der Waals surface area contributed by atoms with Crippen LogP contribution < -0.4 is 10.6 Å². The van der Waals surface area contributed by atoms with E-state index in [9.17, 15) is 0 Å². The number of rotatable bonds is 4. The van der Waals surface area contributed by atoms with Crippen LogP contribution in [0.4, 0.5) is 23.3 Å². The quantitative estimate of drug-likeness (QED) is 0.387. The first kappa shape index (κ1) is 15.3. The molecule has 0 radical (unpaired) electrons. The molecule has 8 heteroatoms. The number of nitrogens with one attached hydrogen (secondary N) is 4. The average Bonchev–Trinajstić information content (AvgIpc) is 3.26. The van der Waals surface area contributed by atoms with Crippen LogP contribution in [0.1, 0.15) is 5.56 Å². The van der Waals surface area contributed by atoms with E-state index in [0.29, 0.717) is 11.9 Å². The molecule has 8 nitrogen and oxygen atoms in total. The molecule has 0 amide bonds. The number of aromatic amines is 2. The summed E-state index contributed by atoms with van der Waals surface area (Å²) in [5, 5.41) is 6.61. The monoisotopic (exact) mass is 356 g/mol. The van der Waals surface area contributed by atoms with Crippen LogP contribution in [0.2, 0.25) is 0 Å². The summed E-state index contributed by atoms with van der Waals surface area (Å²) in [6, 6.07) is 9.80. The van der Waals surface area contributed by atoms with E-state index in [0.717, 1.165) is 39.0 Å². The van der Waals surface area contributed by atoms with Crippen molar-refractivity contribution in [3.63, 3.8) is 0 Å². The number of fused-ring (bicyclic) bond motifs is 2. The van der Waals surface area contributed by atoms with Gasteiger partial charge in [-0.3, -0.25) is 9.97 Å². The molecule has 132 valence electrons. The van der Waals surface area contributed by atoms with Gasteiger partial charge in [-0.15, -0.1) is 0 Å². The Morgan fingerprint density at radius 2 is 1.41 bits per heavy atom. The van der Waals surface area contributed by atoms with Crippen LogP contribution in [-0.4, -0.2) is 29.9 Å². The van der Waals surface area contributed by atoms with Crippen molar-refractivity contribution in [1.29, 1.82) is 0 Å². The maximum absolute atomic E-state index is 4.52. The molecule has 5 rings (SSSR count). The highest BCUT2D eigenvalue weighted by Gasteiger charge is 2.07. The van der Waals surface area contributed by atoms with E-state index in [1.54, 1.807) is 24.8 Å². The number of pyridine rings is 2. The topological polar surface area (TPSA) is 107 Å². The summed E-state index contributed by atoms with van der Waals surface area (Å²) in [7, 11) is 0. The zero-order chi connectivity index (χ0) is 18.2. The molecule has 0 saturated heterocycles. The van der Waals surface area contributed by atoms with Crippen molar-refractivity contribution in [3.05, 3.63) is 60.7 Å². The molecule has 0 aliphatic heterocycles. The maximum atomic E-state index is 4.52. The lowest BCUT2D eigenvalue weighted by Gasteiger charge is -2.10. The Hall–Kier alpha value is -3.94. The van der Waals surface area contributed by atoms with Crippen LogP contribution in [-0.2, 0) is 0 Å². The number of nitrogens with zero attached hydrogens (tertiary/aromatic N) is 4. The molecule has 27 heavy (non-hydrogen) atoms. The van der Waals surface area contributed by atoms with Gasteiger partial charge in [0, 0.05) is 23.8 Å². The molecule has 4 aromatic heterocycles. The van der Waals surface area contributed by atoms with Crippen LogP contribution in [0, 0.1) is 6.92 Å². The van der Waals surface area contributed by atoms with E-state index >= 15 is 0 Å². The van der Waals surface area contributed by atoms with Gasteiger partial charge in [-0.05, 0) is 42.8 Å². The first-order chi connectivity index (χ1) is 13.2. The lowest BCUT2D eigenvalue weighted by atomic mass is 10.2. The second-order valence-electron chi connectivity index (χ2n) is 6.24. The van der Waals surface area contributed by atoms with Crippen LogP contribution in [0.15, 0.2) is 55.1 Å².